The average molecular weight is 436 g/mol. The smallest absolute Gasteiger partial charge is 0.417 e. The van der Waals surface area contributed by atoms with Crippen molar-refractivity contribution >= 4 is 10.0 Å². The lowest BCUT2D eigenvalue weighted by molar-refractivity contribution is -0.137. The van der Waals surface area contributed by atoms with E-state index in [1.807, 2.05) is 13.8 Å². The van der Waals surface area contributed by atoms with Crippen molar-refractivity contribution in [2.75, 3.05) is 0 Å². The fraction of sp³-hybridized carbons (Fsp3) is 0.200. The summed E-state index contributed by atoms with van der Waals surface area (Å²) < 4.78 is 71.8. The molecule has 0 saturated carbocycles. The van der Waals surface area contributed by atoms with Crippen LogP contribution in [0.5, 0.6) is 11.6 Å². The summed E-state index contributed by atoms with van der Waals surface area (Å²) in [4.78, 5) is 7.71. The summed E-state index contributed by atoms with van der Waals surface area (Å²) in [6.07, 6.45) is -2.23. The molecule has 0 aliphatic heterocycles. The molecule has 1 aromatic carbocycles. The number of benzene rings is 1. The van der Waals surface area contributed by atoms with Gasteiger partial charge in [0.1, 0.15) is 15.8 Å². The highest BCUT2D eigenvalue weighted by atomic mass is 32.2. The highest BCUT2D eigenvalue weighted by Crippen LogP contribution is 2.30. The van der Waals surface area contributed by atoms with Gasteiger partial charge in [-0.25, -0.2) is 13.4 Å². The van der Waals surface area contributed by atoms with E-state index < -0.39 is 21.8 Å². The molecule has 0 aliphatic rings. The van der Waals surface area contributed by atoms with Crippen molar-refractivity contribution in [1.82, 2.24) is 9.97 Å². The standard InChI is InChI=1S/C20H17F3N3O3S/c1-13-14(2)24-10-9-15(13)11-26-30(27,28)18-6-4-17(5-7-18)29-19-8-3-16(12-25-19)20(21,22)23/h3-10,12H,11H2,1-2H3/q-1. The topological polar surface area (TPSA) is 83.2 Å². The third kappa shape index (κ3) is 5.14. The minimum absolute atomic E-state index is 0.00868. The number of pyridine rings is 2. The Bertz CT molecular complexity index is 1130. The maximum Gasteiger partial charge on any atom is 0.417 e. The summed E-state index contributed by atoms with van der Waals surface area (Å²) >= 11 is 0. The zero-order valence-corrected chi connectivity index (χ0v) is 16.8. The van der Waals surface area contributed by atoms with E-state index >= 15 is 0 Å². The molecule has 0 saturated heterocycles. The lowest BCUT2D eigenvalue weighted by Gasteiger charge is -2.21. The number of rotatable bonds is 6. The number of aryl methyl sites for hydroxylation is 1. The first-order valence-electron chi connectivity index (χ1n) is 8.72. The second kappa shape index (κ2) is 8.41. The maximum absolute atomic E-state index is 12.6. The highest BCUT2D eigenvalue weighted by molar-refractivity contribution is 7.94. The van der Waals surface area contributed by atoms with Crippen LogP contribution in [0.4, 0.5) is 13.2 Å². The Morgan fingerprint density at radius 2 is 1.70 bits per heavy atom. The van der Waals surface area contributed by atoms with Gasteiger partial charge >= 0.3 is 6.18 Å². The number of hydrogen-bond acceptors (Lipinski definition) is 5. The second-order valence-electron chi connectivity index (χ2n) is 6.40. The average Bonchev–Trinajstić information content (AvgIpc) is 2.69. The number of sulfonamides is 1. The Morgan fingerprint density at radius 3 is 2.30 bits per heavy atom. The van der Waals surface area contributed by atoms with Gasteiger partial charge in [0.2, 0.25) is 5.88 Å². The van der Waals surface area contributed by atoms with E-state index in [4.69, 9.17) is 4.74 Å². The Balaban J connectivity index is 1.67. The number of hydrogen-bond donors (Lipinski definition) is 0. The Morgan fingerprint density at radius 1 is 1.00 bits per heavy atom. The van der Waals surface area contributed by atoms with E-state index in [1.54, 1.807) is 12.3 Å². The van der Waals surface area contributed by atoms with E-state index in [-0.39, 0.29) is 23.1 Å². The van der Waals surface area contributed by atoms with Gasteiger partial charge in [0.05, 0.1) is 5.56 Å². The van der Waals surface area contributed by atoms with Gasteiger partial charge in [-0.1, -0.05) is 5.56 Å². The molecule has 0 N–H and O–H groups in total. The summed E-state index contributed by atoms with van der Waals surface area (Å²) in [6.45, 7) is 3.67. The molecular weight excluding hydrogens is 419 g/mol. The van der Waals surface area contributed by atoms with Crippen LogP contribution in [0.3, 0.4) is 0 Å². The predicted octanol–water partition coefficient (Wildman–Crippen LogP) is 5.17. The first kappa shape index (κ1) is 21.7. The molecule has 30 heavy (non-hydrogen) atoms. The van der Waals surface area contributed by atoms with Crippen molar-refractivity contribution in [2.24, 2.45) is 0 Å². The fourth-order valence-corrected chi connectivity index (χ4v) is 3.44. The van der Waals surface area contributed by atoms with Gasteiger partial charge in [0.15, 0.2) is 0 Å². The minimum Gasteiger partial charge on any atom is -0.541 e. The van der Waals surface area contributed by atoms with Crippen molar-refractivity contribution < 1.29 is 26.3 Å². The van der Waals surface area contributed by atoms with Crippen LogP contribution in [0.1, 0.15) is 22.4 Å². The van der Waals surface area contributed by atoms with Gasteiger partial charge in [-0.05, 0) is 55.8 Å². The number of nitrogens with zero attached hydrogens (tertiary/aromatic N) is 3. The molecule has 0 radical (unpaired) electrons. The summed E-state index contributed by atoms with van der Waals surface area (Å²) in [6, 6.07) is 9.03. The normalized spacial score (nSPS) is 12.0. The quantitative estimate of drug-likeness (QED) is 0.533. The van der Waals surface area contributed by atoms with Crippen LogP contribution in [0.2, 0.25) is 0 Å². The van der Waals surface area contributed by atoms with E-state index in [9.17, 15) is 21.6 Å². The second-order valence-corrected chi connectivity index (χ2v) is 8.08. The van der Waals surface area contributed by atoms with Gasteiger partial charge in [0.25, 0.3) is 0 Å². The van der Waals surface area contributed by atoms with Crippen molar-refractivity contribution in [2.45, 2.75) is 31.5 Å². The van der Waals surface area contributed by atoms with Gasteiger partial charge < -0.3 is 9.46 Å². The predicted molar refractivity (Wildman–Crippen MR) is 104 cm³/mol. The molecule has 6 nitrogen and oxygen atoms in total. The SMILES string of the molecule is Cc1nccc(C[N-]S(=O)(=O)c2ccc(Oc3ccc(C(F)(F)F)cn3)cc2)c1C. The maximum atomic E-state index is 12.6. The molecule has 10 heteroatoms. The molecular formula is C20H17F3N3O3S-. The van der Waals surface area contributed by atoms with Crippen LogP contribution in [-0.4, -0.2) is 18.4 Å². The van der Waals surface area contributed by atoms with Crippen molar-refractivity contribution in [3.63, 3.8) is 0 Å². The van der Waals surface area contributed by atoms with Gasteiger partial charge in [0, 0.05) is 29.0 Å². The largest absolute Gasteiger partial charge is 0.541 e. The summed E-state index contributed by atoms with van der Waals surface area (Å²) in [5.74, 6) is 0.175. The molecule has 2 aromatic heterocycles. The van der Waals surface area contributed by atoms with E-state index in [2.05, 4.69) is 14.7 Å². The third-order valence-corrected chi connectivity index (χ3v) is 5.72. The summed E-state index contributed by atoms with van der Waals surface area (Å²) in [5.41, 5.74) is 1.56. The number of halogens is 3. The minimum atomic E-state index is -4.49. The molecule has 0 atom stereocenters. The molecule has 2 heterocycles. The highest BCUT2D eigenvalue weighted by Gasteiger charge is 2.30. The number of ether oxygens (including phenoxy) is 1. The zero-order valence-electron chi connectivity index (χ0n) is 16.0. The molecule has 0 amide bonds. The molecule has 0 bridgehead atoms. The Labute approximate surface area is 171 Å². The van der Waals surface area contributed by atoms with E-state index in [1.165, 1.54) is 24.3 Å². The van der Waals surface area contributed by atoms with Crippen molar-refractivity contribution in [3.8, 4) is 11.6 Å². The van der Waals surface area contributed by atoms with E-state index in [0.717, 1.165) is 29.0 Å². The van der Waals surface area contributed by atoms with Gasteiger partial charge in [-0.15, -0.1) is 6.54 Å². The van der Waals surface area contributed by atoms with Crippen LogP contribution < -0.4 is 4.74 Å². The van der Waals surface area contributed by atoms with Crippen molar-refractivity contribution in [3.05, 3.63) is 82.0 Å². The lowest BCUT2D eigenvalue weighted by Crippen LogP contribution is -2.05. The molecule has 3 aromatic rings. The van der Waals surface area contributed by atoms with Crippen LogP contribution in [0, 0.1) is 13.8 Å². The monoisotopic (exact) mass is 436 g/mol. The molecule has 0 aliphatic carbocycles. The van der Waals surface area contributed by atoms with E-state index in [0.29, 0.717) is 6.20 Å². The van der Waals surface area contributed by atoms with Crippen LogP contribution in [0.15, 0.2) is 59.8 Å². The Hall–Kier alpha value is -2.98. The van der Waals surface area contributed by atoms with Crippen LogP contribution >= 0.6 is 0 Å². The molecule has 0 spiro atoms. The zero-order chi connectivity index (χ0) is 21.9. The van der Waals surface area contributed by atoms with Gasteiger partial charge in [-0.2, -0.15) is 13.2 Å². The van der Waals surface area contributed by atoms with Gasteiger partial charge in [-0.3, -0.25) is 4.98 Å². The summed E-state index contributed by atoms with van der Waals surface area (Å²) in [5, 5.41) is 0. The lowest BCUT2D eigenvalue weighted by atomic mass is 10.1. The first-order valence-corrected chi connectivity index (χ1v) is 10.2. The fourth-order valence-electron chi connectivity index (χ4n) is 2.50. The molecule has 158 valence electrons. The number of aromatic nitrogens is 2. The first-order chi connectivity index (χ1) is 14.1. The van der Waals surface area contributed by atoms with Crippen LogP contribution in [0.25, 0.3) is 4.72 Å². The Kier molecular flexibility index (Phi) is 6.09. The van der Waals surface area contributed by atoms with Crippen molar-refractivity contribution in [1.29, 1.82) is 0 Å². The molecule has 0 unspecified atom stereocenters. The third-order valence-electron chi connectivity index (χ3n) is 4.38. The van der Waals surface area contributed by atoms with Crippen LogP contribution in [-0.2, 0) is 22.7 Å². The summed E-state index contributed by atoms with van der Waals surface area (Å²) in [7, 11) is -3.89. The molecule has 0 fully saturated rings. The molecule has 3 rings (SSSR count). The number of alkyl halides is 3.